The first-order valence-electron chi connectivity index (χ1n) is 7.16. The molecule has 0 bridgehead atoms. The summed E-state index contributed by atoms with van der Waals surface area (Å²) in [6.07, 6.45) is 2.28. The molecule has 6 heteroatoms. The molecule has 6 nitrogen and oxygen atoms in total. The number of aromatic nitrogens is 2. The van der Waals surface area contributed by atoms with Gasteiger partial charge in [0.25, 0.3) is 5.95 Å². The Kier molecular flexibility index (Phi) is 3.45. The maximum absolute atomic E-state index is 5.53. The predicted molar refractivity (Wildman–Crippen MR) is 73.5 cm³/mol. The highest BCUT2D eigenvalue weighted by molar-refractivity contribution is 5.29. The molecule has 1 atom stereocenters. The van der Waals surface area contributed by atoms with Crippen molar-refractivity contribution < 1.29 is 4.52 Å². The minimum atomic E-state index is -0.00389. The first kappa shape index (κ1) is 12.9. The van der Waals surface area contributed by atoms with Gasteiger partial charge in [0.1, 0.15) is 0 Å². The van der Waals surface area contributed by atoms with Crippen molar-refractivity contribution in [3.63, 3.8) is 0 Å². The first-order chi connectivity index (χ1) is 9.17. The Morgan fingerprint density at radius 3 is 2.74 bits per heavy atom. The van der Waals surface area contributed by atoms with E-state index in [1.807, 2.05) is 0 Å². The summed E-state index contributed by atoms with van der Waals surface area (Å²) in [5.41, 5.74) is -0.00389. The van der Waals surface area contributed by atoms with E-state index in [-0.39, 0.29) is 5.41 Å². The summed E-state index contributed by atoms with van der Waals surface area (Å²) < 4.78 is 5.53. The topological polar surface area (TPSA) is 57.4 Å². The standard InChI is InChI=1S/C13H23N5O/c1-13(4-3-5-14-10-13)11-15-12(16-19-11)18-8-6-17(2)7-9-18/h14H,3-10H2,1-2H3. The van der Waals surface area contributed by atoms with Crippen LogP contribution in [0.5, 0.6) is 0 Å². The second-order valence-electron chi connectivity index (χ2n) is 6.03. The zero-order valence-electron chi connectivity index (χ0n) is 11.9. The average molecular weight is 265 g/mol. The number of anilines is 1. The summed E-state index contributed by atoms with van der Waals surface area (Å²) in [7, 11) is 2.15. The Bertz CT molecular complexity index is 418. The molecule has 0 spiro atoms. The van der Waals surface area contributed by atoms with Gasteiger partial charge in [-0.25, -0.2) is 0 Å². The van der Waals surface area contributed by atoms with Crippen molar-refractivity contribution in [3.05, 3.63) is 5.89 Å². The lowest BCUT2D eigenvalue weighted by Gasteiger charge is -2.31. The molecule has 1 aromatic heterocycles. The molecule has 1 aromatic rings. The fourth-order valence-electron chi connectivity index (χ4n) is 2.83. The van der Waals surface area contributed by atoms with Crippen molar-refractivity contribution in [2.24, 2.45) is 0 Å². The second-order valence-corrected chi connectivity index (χ2v) is 6.03. The first-order valence-corrected chi connectivity index (χ1v) is 7.16. The molecule has 1 unspecified atom stereocenters. The van der Waals surface area contributed by atoms with Gasteiger partial charge in [0, 0.05) is 32.7 Å². The molecule has 3 heterocycles. The number of hydrogen-bond donors (Lipinski definition) is 1. The van der Waals surface area contributed by atoms with Gasteiger partial charge in [0.15, 0.2) is 0 Å². The highest BCUT2D eigenvalue weighted by atomic mass is 16.5. The lowest BCUT2D eigenvalue weighted by Crippen LogP contribution is -2.45. The molecular weight excluding hydrogens is 242 g/mol. The quantitative estimate of drug-likeness (QED) is 0.838. The minimum absolute atomic E-state index is 0.00389. The fourth-order valence-corrected chi connectivity index (χ4v) is 2.83. The van der Waals surface area contributed by atoms with Gasteiger partial charge in [-0.3, -0.25) is 0 Å². The Labute approximate surface area is 114 Å². The van der Waals surface area contributed by atoms with E-state index in [9.17, 15) is 0 Å². The van der Waals surface area contributed by atoms with Crippen LogP contribution in [-0.2, 0) is 5.41 Å². The summed E-state index contributed by atoms with van der Waals surface area (Å²) >= 11 is 0. The molecule has 1 N–H and O–H groups in total. The summed E-state index contributed by atoms with van der Waals surface area (Å²) in [5, 5.41) is 7.60. The molecule has 2 fully saturated rings. The van der Waals surface area contributed by atoms with Crippen molar-refractivity contribution in [1.82, 2.24) is 20.4 Å². The molecule has 0 aromatic carbocycles. The predicted octanol–water partition coefficient (Wildman–Crippen LogP) is 0.463. The Morgan fingerprint density at radius 1 is 1.26 bits per heavy atom. The Morgan fingerprint density at radius 2 is 2.05 bits per heavy atom. The lowest BCUT2D eigenvalue weighted by atomic mass is 9.83. The van der Waals surface area contributed by atoms with Gasteiger partial charge < -0.3 is 19.6 Å². The third kappa shape index (κ3) is 2.60. The average Bonchev–Trinajstić information content (AvgIpc) is 2.91. The normalized spacial score (nSPS) is 29.7. The van der Waals surface area contributed by atoms with Crippen LogP contribution in [0.4, 0.5) is 5.95 Å². The van der Waals surface area contributed by atoms with Crippen LogP contribution >= 0.6 is 0 Å². The molecule has 0 radical (unpaired) electrons. The van der Waals surface area contributed by atoms with E-state index in [0.717, 1.165) is 57.5 Å². The summed E-state index contributed by atoms with van der Waals surface area (Å²) in [6, 6.07) is 0. The van der Waals surface area contributed by atoms with Crippen LogP contribution in [0, 0.1) is 0 Å². The summed E-state index contributed by atoms with van der Waals surface area (Å²) in [4.78, 5) is 9.18. The van der Waals surface area contributed by atoms with Crippen molar-refractivity contribution in [2.45, 2.75) is 25.2 Å². The van der Waals surface area contributed by atoms with Crippen LogP contribution in [0.3, 0.4) is 0 Å². The smallest absolute Gasteiger partial charge is 0.266 e. The molecule has 0 saturated carbocycles. The van der Waals surface area contributed by atoms with E-state index in [1.54, 1.807) is 0 Å². The van der Waals surface area contributed by atoms with Gasteiger partial charge in [0.2, 0.25) is 5.89 Å². The number of piperidine rings is 1. The van der Waals surface area contributed by atoms with Crippen LogP contribution in [0.1, 0.15) is 25.7 Å². The number of piperazine rings is 1. The van der Waals surface area contributed by atoms with Crippen molar-refractivity contribution in [3.8, 4) is 0 Å². The fraction of sp³-hybridized carbons (Fsp3) is 0.846. The number of hydrogen-bond acceptors (Lipinski definition) is 6. The zero-order valence-corrected chi connectivity index (χ0v) is 11.9. The Balaban J connectivity index is 1.72. The van der Waals surface area contributed by atoms with Crippen LogP contribution in [-0.4, -0.2) is 61.4 Å². The molecule has 2 saturated heterocycles. The third-order valence-corrected chi connectivity index (χ3v) is 4.32. The van der Waals surface area contributed by atoms with E-state index in [4.69, 9.17) is 4.52 Å². The SMILES string of the molecule is CN1CCN(c2noc(C3(C)CCCNC3)n2)CC1. The van der Waals surface area contributed by atoms with Crippen molar-refractivity contribution >= 4 is 5.95 Å². The number of likely N-dealkylation sites (N-methyl/N-ethyl adjacent to an activating group) is 1. The largest absolute Gasteiger partial charge is 0.337 e. The molecule has 2 aliphatic rings. The summed E-state index contributed by atoms with van der Waals surface area (Å²) in [6.45, 7) is 8.30. The highest BCUT2D eigenvalue weighted by Gasteiger charge is 2.35. The van der Waals surface area contributed by atoms with Crippen LogP contribution < -0.4 is 10.2 Å². The van der Waals surface area contributed by atoms with Crippen LogP contribution in [0.15, 0.2) is 4.52 Å². The van der Waals surface area contributed by atoms with E-state index < -0.39 is 0 Å². The van der Waals surface area contributed by atoms with Gasteiger partial charge in [-0.1, -0.05) is 0 Å². The van der Waals surface area contributed by atoms with Gasteiger partial charge in [-0.15, -0.1) is 0 Å². The third-order valence-electron chi connectivity index (χ3n) is 4.32. The van der Waals surface area contributed by atoms with Crippen LogP contribution in [0.25, 0.3) is 0 Å². The van der Waals surface area contributed by atoms with Crippen molar-refractivity contribution in [2.75, 3.05) is 51.2 Å². The van der Waals surface area contributed by atoms with Gasteiger partial charge in [-0.2, -0.15) is 4.98 Å². The highest BCUT2D eigenvalue weighted by Crippen LogP contribution is 2.30. The molecule has 2 aliphatic heterocycles. The van der Waals surface area contributed by atoms with Gasteiger partial charge in [-0.05, 0) is 38.5 Å². The molecule has 3 rings (SSSR count). The molecule has 106 valence electrons. The number of nitrogens with one attached hydrogen (secondary N) is 1. The van der Waals surface area contributed by atoms with Gasteiger partial charge >= 0.3 is 0 Å². The minimum Gasteiger partial charge on any atom is -0.337 e. The second kappa shape index (κ2) is 5.09. The van der Waals surface area contributed by atoms with E-state index in [2.05, 4.69) is 39.2 Å². The van der Waals surface area contributed by atoms with E-state index in [0.29, 0.717) is 0 Å². The summed E-state index contributed by atoms with van der Waals surface area (Å²) in [5.74, 6) is 1.54. The van der Waals surface area contributed by atoms with Crippen LogP contribution in [0.2, 0.25) is 0 Å². The maximum atomic E-state index is 5.53. The molecule has 0 aliphatic carbocycles. The molecule has 0 amide bonds. The lowest BCUT2D eigenvalue weighted by molar-refractivity contribution is 0.245. The maximum Gasteiger partial charge on any atom is 0.266 e. The monoisotopic (exact) mass is 265 g/mol. The Hall–Kier alpha value is -1.14. The zero-order chi connectivity index (χ0) is 13.3. The molecular formula is C13H23N5O. The number of nitrogens with zero attached hydrogens (tertiary/aromatic N) is 4. The van der Waals surface area contributed by atoms with E-state index >= 15 is 0 Å². The van der Waals surface area contributed by atoms with E-state index in [1.165, 1.54) is 6.42 Å². The van der Waals surface area contributed by atoms with Crippen molar-refractivity contribution in [1.29, 1.82) is 0 Å². The van der Waals surface area contributed by atoms with Gasteiger partial charge in [0.05, 0.1) is 5.41 Å². The number of rotatable bonds is 2. The molecule has 19 heavy (non-hydrogen) atoms.